The minimum absolute atomic E-state index is 0.159. The monoisotopic (exact) mass is 410 g/mol. The van der Waals surface area contributed by atoms with Crippen molar-refractivity contribution in [3.63, 3.8) is 0 Å². The Kier molecular flexibility index (Phi) is 10.9. The van der Waals surface area contributed by atoms with Crippen molar-refractivity contribution >= 4 is 20.4 Å². The van der Waals surface area contributed by atoms with E-state index in [2.05, 4.69) is 36.5 Å². The molecule has 8 heteroatoms. The maximum absolute atomic E-state index is 13.5. The van der Waals surface area contributed by atoms with Crippen LogP contribution in [0.1, 0.15) is 38.4 Å². The molecule has 158 valence electrons. The third-order valence-corrected chi connectivity index (χ3v) is 5.66. The van der Waals surface area contributed by atoms with Crippen molar-refractivity contribution in [2.75, 3.05) is 19.9 Å². The van der Waals surface area contributed by atoms with Gasteiger partial charge >= 0.3 is 6.02 Å². The first-order valence-corrected chi connectivity index (χ1v) is 13.6. The highest BCUT2D eigenvalue weighted by Gasteiger charge is 2.15. The number of nitrogens with zero attached hydrogens (tertiary/aromatic N) is 3. The van der Waals surface area contributed by atoms with Crippen LogP contribution in [0.25, 0.3) is 0 Å². The summed E-state index contributed by atoms with van der Waals surface area (Å²) in [5.74, 6) is 0. The minimum Gasteiger partial charge on any atom is -0.456 e. The number of halogens is 1. The van der Waals surface area contributed by atoms with Gasteiger partial charge in [0.2, 0.25) is 0 Å². The van der Waals surface area contributed by atoms with Crippen LogP contribution >= 0.6 is 0 Å². The highest BCUT2D eigenvalue weighted by atomic mass is 28.3. The molecule has 0 fully saturated rings. The molecule has 0 aliphatic carbocycles. The van der Waals surface area contributed by atoms with Gasteiger partial charge in [-0.05, 0) is 37.1 Å². The predicted molar refractivity (Wildman–Crippen MR) is 115 cm³/mol. The molecule has 0 aliphatic heterocycles. The summed E-state index contributed by atoms with van der Waals surface area (Å²) >= 11 is 0. The van der Waals surface area contributed by atoms with Crippen molar-refractivity contribution in [3.05, 3.63) is 30.1 Å². The molecule has 0 radical (unpaired) electrons. The summed E-state index contributed by atoms with van der Waals surface area (Å²) in [7, 11) is -1.17. The number of ether oxygens (including phenoxy) is 2. The molecule has 2 unspecified atom stereocenters. The van der Waals surface area contributed by atoms with Crippen LogP contribution in [-0.2, 0) is 9.47 Å². The number of rotatable bonds is 12. The van der Waals surface area contributed by atoms with E-state index in [4.69, 9.17) is 14.9 Å². The van der Waals surface area contributed by atoms with Crippen LogP contribution in [0.4, 0.5) is 4.39 Å². The lowest BCUT2D eigenvalue weighted by Crippen LogP contribution is -2.32. The van der Waals surface area contributed by atoms with Crippen molar-refractivity contribution < 1.29 is 13.9 Å². The minimum atomic E-state index is -1.17. The van der Waals surface area contributed by atoms with Crippen LogP contribution in [0.5, 0.6) is 0 Å². The Balaban J connectivity index is 2.61. The fraction of sp³-hybridized carbons (Fsp3) is 0.650. The molecule has 0 saturated carbocycles. The number of nitrogens with one attached hydrogen (secondary N) is 1. The number of hydrogen-bond acceptors (Lipinski definition) is 4. The van der Waals surface area contributed by atoms with Crippen LogP contribution in [0.15, 0.2) is 29.5 Å². The predicted octanol–water partition coefficient (Wildman–Crippen LogP) is 4.87. The zero-order valence-electron chi connectivity index (χ0n) is 17.8. The first-order chi connectivity index (χ1) is 13.2. The summed E-state index contributed by atoms with van der Waals surface area (Å²) in [4.78, 5) is 9.71. The van der Waals surface area contributed by atoms with Gasteiger partial charge in [-0.1, -0.05) is 33.0 Å². The molecule has 6 nitrogen and oxygen atoms in total. The van der Waals surface area contributed by atoms with Crippen molar-refractivity contribution in [1.82, 2.24) is 9.88 Å². The van der Waals surface area contributed by atoms with E-state index in [1.54, 1.807) is 17.3 Å². The first-order valence-electron chi connectivity index (χ1n) is 9.86. The molecule has 0 saturated heterocycles. The molecule has 1 aromatic heterocycles. The average Bonchev–Trinajstić information content (AvgIpc) is 2.62. The van der Waals surface area contributed by atoms with Crippen molar-refractivity contribution in [1.29, 1.82) is 5.41 Å². The number of alkyl halides is 1. The Morgan fingerprint density at radius 1 is 1.36 bits per heavy atom. The van der Waals surface area contributed by atoms with E-state index in [0.29, 0.717) is 6.61 Å². The summed E-state index contributed by atoms with van der Waals surface area (Å²) in [6.07, 6.45) is 5.26. The largest absolute Gasteiger partial charge is 0.456 e. The standard InChI is InChI=1S/C20H35FN4O2Si/c1-6-7-19(18-8-10-23-11-9-18)27-20(22)24-15-25(14-17(2)21)16-26-12-13-28(3,4)5/h8-11,15,17,19,22H,6-7,12-14,16H2,1-5H3/b22-20?,24-15+. The second-order valence-electron chi connectivity index (χ2n) is 8.13. The van der Waals surface area contributed by atoms with E-state index < -0.39 is 14.2 Å². The molecule has 0 aromatic carbocycles. The first kappa shape index (κ1) is 24.2. The van der Waals surface area contributed by atoms with E-state index >= 15 is 0 Å². The normalized spacial score (nSPS) is 14.1. The molecule has 0 spiro atoms. The summed E-state index contributed by atoms with van der Waals surface area (Å²) in [5, 5.41) is 8.03. The molecule has 1 heterocycles. The van der Waals surface area contributed by atoms with Crippen molar-refractivity contribution in [3.8, 4) is 0 Å². The van der Waals surface area contributed by atoms with Crippen LogP contribution in [0.2, 0.25) is 25.7 Å². The number of aliphatic imine (C=N–C) groups is 1. The molecule has 1 aromatic rings. The summed E-state index contributed by atoms with van der Waals surface area (Å²) < 4.78 is 24.8. The van der Waals surface area contributed by atoms with Gasteiger partial charge in [-0.15, -0.1) is 0 Å². The summed E-state index contributed by atoms with van der Waals surface area (Å²) in [6.45, 7) is 11.5. The van der Waals surface area contributed by atoms with Gasteiger partial charge in [0.15, 0.2) is 0 Å². The maximum Gasteiger partial charge on any atom is 0.310 e. The number of aromatic nitrogens is 1. The highest BCUT2D eigenvalue weighted by molar-refractivity contribution is 6.76. The molecule has 0 aliphatic rings. The van der Waals surface area contributed by atoms with Gasteiger partial charge in [0.05, 0.1) is 12.9 Å². The van der Waals surface area contributed by atoms with Crippen molar-refractivity contribution in [2.24, 2.45) is 4.99 Å². The van der Waals surface area contributed by atoms with E-state index in [0.717, 1.165) is 24.4 Å². The molecule has 1 rings (SSSR count). The van der Waals surface area contributed by atoms with E-state index in [9.17, 15) is 4.39 Å². The van der Waals surface area contributed by atoms with Gasteiger partial charge in [0.25, 0.3) is 0 Å². The molecule has 0 amide bonds. The summed E-state index contributed by atoms with van der Waals surface area (Å²) in [6, 6.07) is 4.60. The fourth-order valence-corrected chi connectivity index (χ4v) is 3.21. The topological polar surface area (TPSA) is 70.8 Å². The van der Waals surface area contributed by atoms with Crippen LogP contribution in [0.3, 0.4) is 0 Å². The van der Waals surface area contributed by atoms with Gasteiger partial charge in [-0.2, -0.15) is 4.99 Å². The van der Waals surface area contributed by atoms with Gasteiger partial charge in [-0.25, -0.2) is 9.80 Å². The van der Waals surface area contributed by atoms with Crippen LogP contribution in [-0.4, -0.2) is 56.4 Å². The lowest BCUT2D eigenvalue weighted by molar-refractivity contribution is 0.0660. The zero-order chi connectivity index (χ0) is 21.0. The number of hydrogen-bond donors (Lipinski definition) is 1. The third-order valence-electron chi connectivity index (χ3n) is 3.96. The fourth-order valence-electron chi connectivity index (χ4n) is 2.45. The average molecular weight is 411 g/mol. The molecule has 28 heavy (non-hydrogen) atoms. The lowest BCUT2D eigenvalue weighted by Gasteiger charge is -2.22. The molecule has 0 bridgehead atoms. The molecular formula is C20H35FN4O2Si. The highest BCUT2D eigenvalue weighted by Crippen LogP contribution is 2.22. The molecular weight excluding hydrogens is 375 g/mol. The van der Waals surface area contributed by atoms with Gasteiger partial charge < -0.3 is 14.4 Å². The van der Waals surface area contributed by atoms with Crippen molar-refractivity contribution in [2.45, 2.75) is 64.6 Å². The zero-order valence-corrected chi connectivity index (χ0v) is 18.8. The maximum atomic E-state index is 13.5. The van der Waals surface area contributed by atoms with Gasteiger partial charge in [-0.3, -0.25) is 4.98 Å². The quantitative estimate of drug-likeness (QED) is 0.175. The summed E-state index contributed by atoms with van der Waals surface area (Å²) in [5.41, 5.74) is 0.959. The Labute approximate surface area is 169 Å². The molecule has 2 atom stereocenters. The second-order valence-corrected chi connectivity index (χ2v) is 13.7. The molecule has 1 N–H and O–H groups in total. The SMILES string of the molecule is CCCC(OC(=N)/N=C/N(COCC[Si](C)(C)C)CC(C)F)c1ccncc1. The van der Waals surface area contributed by atoms with Crippen LogP contribution in [0, 0.1) is 5.41 Å². The Bertz CT molecular complexity index is 594. The lowest BCUT2D eigenvalue weighted by atomic mass is 10.1. The van der Waals surface area contributed by atoms with Gasteiger partial charge in [0.1, 0.15) is 19.0 Å². The van der Waals surface area contributed by atoms with E-state index in [-0.39, 0.29) is 25.4 Å². The van der Waals surface area contributed by atoms with E-state index in [1.165, 1.54) is 13.3 Å². The number of pyridine rings is 1. The number of amidine groups is 1. The Morgan fingerprint density at radius 3 is 2.61 bits per heavy atom. The Morgan fingerprint density at radius 2 is 2.04 bits per heavy atom. The smallest absolute Gasteiger partial charge is 0.310 e. The van der Waals surface area contributed by atoms with E-state index in [1.807, 2.05) is 12.1 Å². The van der Waals surface area contributed by atoms with Crippen LogP contribution < -0.4 is 0 Å². The Hall–Kier alpha value is -1.80. The van der Waals surface area contributed by atoms with Gasteiger partial charge in [0, 0.05) is 27.1 Å². The second kappa shape index (κ2) is 12.6. The third kappa shape index (κ3) is 11.1.